The van der Waals surface area contributed by atoms with Crippen LogP contribution in [0.5, 0.6) is 0 Å². The highest BCUT2D eigenvalue weighted by molar-refractivity contribution is 7.19. The maximum atomic E-state index is 4.70. The Hall–Kier alpha value is -1.24. The molecule has 136 valence electrons. The van der Waals surface area contributed by atoms with Gasteiger partial charge in [-0.3, -0.25) is 4.90 Å². The number of anilines is 1. The summed E-state index contributed by atoms with van der Waals surface area (Å²) in [5.74, 6) is 1.95. The third kappa shape index (κ3) is 3.52. The summed E-state index contributed by atoms with van der Waals surface area (Å²) < 4.78 is 0. The van der Waals surface area contributed by atoms with E-state index in [4.69, 9.17) is 4.98 Å². The van der Waals surface area contributed by atoms with Gasteiger partial charge >= 0.3 is 0 Å². The molecule has 2 aliphatic rings. The summed E-state index contributed by atoms with van der Waals surface area (Å²) in [6.45, 7) is 12.4. The molecule has 6 heteroatoms. The molecule has 1 fully saturated rings. The van der Waals surface area contributed by atoms with Crippen molar-refractivity contribution in [1.29, 1.82) is 0 Å². The Morgan fingerprint density at radius 3 is 2.68 bits per heavy atom. The lowest BCUT2D eigenvalue weighted by atomic mass is 10.0. The maximum absolute atomic E-state index is 4.70. The van der Waals surface area contributed by atoms with E-state index in [1.807, 2.05) is 11.3 Å². The van der Waals surface area contributed by atoms with Crippen molar-refractivity contribution in [2.75, 3.05) is 51.2 Å². The fourth-order valence-electron chi connectivity index (χ4n) is 3.85. The van der Waals surface area contributed by atoms with E-state index in [2.05, 4.69) is 40.6 Å². The molecule has 0 aliphatic carbocycles. The molecule has 0 spiro atoms. The molecular weight excluding hydrogens is 330 g/mol. The lowest BCUT2D eigenvalue weighted by Crippen LogP contribution is -2.45. The molecular formula is C19H29N5S. The fraction of sp³-hybridized carbons (Fsp3) is 0.684. The Balaban J connectivity index is 1.61. The van der Waals surface area contributed by atoms with Crippen molar-refractivity contribution < 1.29 is 0 Å². The normalized spacial score (nSPS) is 19.8. The Morgan fingerprint density at radius 1 is 1.12 bits per heavy atom. The van der Waals surface area contributed by atoms with E-state index < -0.39 is 0 Å². The van der Waals surface area contributed by atoms with Gasteiger partial charge in [-0.25, -0.2) is 9.97 Å². The number of piperazine rings is 1. The molecule has 2 aliphatic heterocycles. The quantitative estimate of drug-likeness (QED) is 0.839. The zero-order valence-corrected chi connectivity index (χ0v) is 16.5. The minimum atomic E-state index is 0.776. The average Bonchev–Trinajstić information content (AvgIpc) is 2.98. The van der Waals surface area contributed by atoms with Crippen LogP contribution in [0, 0.1) is 5.92 Å². The lowest BCUT2D eigenvalue weighted by Gasteiger charge is -2.34. The van der Waals surface area contributed by atoms with Crippen molar-refractivity contribution in [3.63, 3.8) is 0 Å². The molecule has 0 amide bonds. The van der Waals surface area contributed by atoms with Crippen LogP contribution in [0.4, 0.5) is 5.82 Å². The van der Waals surface area contributed by atoms with Crippen molar-refractivity contribution >= 4 is 27.4 Å². The Morgan fingerprint density at radius 2 is 1.92 bits per heavy atom. The summed E-state index contributed by atoms with van der Waals surface area (Å²) in [6, 6.07) is 0. The van der Waals surface area contributed by atoms with E-state index in [-0.39, 0.29) is 0 Å². The van der Waals surface area contributed by atoms with Gasteiger partial charge < -0.3 is 9.80 Å². The second-order valence-corrected chi connectivity index (χ2v) is 8.96. The van der Waals surface area contributed by atoms with Crippen molar-refractivity contribution in [3.8, 4) is 0 Å². The van der Waals surface area contributed by atoms with Crippen LogP contribution in [0.2, 0.25) is 0 Å². The van der Waals surface area contributed by atoms with E-state index in [9.17, 15) is 0 Å². The van der Waals surface area contributed by atoms with Gasteiger partial charge in [0.25, 0.3) is 0 Å². The Bertz CT molecular complexity index is 733. The Kier molecular flexibility index (Phi) is 4.93. The third-order valence-corrected chi connectivity index (χ3v) is 6.65. The van der Waals surface area contributed by atoms with Gasteiger partial charge in [-0.15, -0.1) is 11.3 Å². The molecule has 0 radical (unpaired) electrons. The first kappa shape index (κ1) is 17.2. The van der Waals surface area contributed by atoms with E-state index in [1.165, 1.54) is 46.0 Å². The molecule has 0 aromatic carbocycles. The van der Waals surface area contributed by atoms with E-state index in [0.29, 0.717) is 0 Å². The summed E-state index contributed by atoms with van der Waals surface area (Å²) in [7, 11) is 2.20. The van der Waals surface area contributed by atoms with Gasteiger partial charge in [0.05, 0.1) is 5.39 Å². The largest absolute Gasteiger partial charge is 0.353 e. The van der Waals surface area contributed by atoms with Crippen LogP contribution in [0.1, 0.15) is 30.7 Å². The predicted molar refractivity (Wildman–Crippen MR) is 106 cm³/mol. The standard InChI is InChI=1S/C19H29N5S/c1-14(2)4-6-23-7-5-15-16(12-23)25-19-17(15)18(20-13-21-19)24-10-8-22(3)9-11-24/h13-14H,4-12H2,1-3H3. The number of thiophene rings is 1. The molecule has 5 nitrogen and oxygen atoms in total. The van der Waals surface area contributed by atoms with E-state index in [1.54, 1.807) is 6.33 Å². The first-order valence-electron chi connectivity index (χ1n) is 9.53. The number of likely N-dealkylation sites (N-methyl/N-ethyl adjacent to an activating group) is 1. The van der Waals surface area contributed by atoms with Crippen LogP contribution >= 0.6 is 11.3 Å². The van der Waals surface area contributed by atoms with Gasteiger partial charge in [-0.1, -0.05) is 13.8 Å². The zero-order valence-electron chi connectivity index (χ0n) is 15.7. The zero-order chi connectivity index (χ0) is 17.4. The highest BCUT2D eigenvalue weighted by Gasteiger charge is 2.26. The highest BCUT2D eigenvalue weighted by atomic mass is 32.1. The molecule has 0 unspecified atom stereocenters. The van der Waals surface area contributed by atoms with Gasteiger partial charge in [0, 0.05) is 44.1 Å². The first-order valence-corrected chi connectivity index (χ1v) is 10.3. The SMILES string of the molecule is CC(C)CCN1CCc2c(sc3ncnc(N4CCN(C)CC4)c23)C1. The third-order valence-electron chi connectivity index (χ3n) is 5.52. The minimum absolute atomic E-state index is 0.776. The van der Waals surface area contributed by atoms with Crippen molar-refractivity contribution in [3.05, 3.63) is 16.8 Å². The second kappa shape index (κ2) is 7.17. The molecule has 4 rings (SSSR count). The van der Waals surface area contributed by atoms with Crippen LogP contribution in [-0.2, 0) is 13.0 Å². The number of aromatic nitrogens is 2. The number of rotatable bonds is 4. The highest BCUT2D eigenvalue weighted by Crippen LogP contribution is 2.38. The van der Waals surface area contributed by atoms with Crippen LogP contribution in [0.25, 0.3) is 10.2 Å². The van der Waals surface area contributed by atoms with Gasteiger partial charge in [0.1, 0.15) is 17.0 Å². The number of nitrogens with zero attached hydrogens (tertiary/aromatic N) is 5. The number of fused-ring (bicyclic) bond motifs is 3. The van der Waals surface area contributed by atoms with E-state index >= 15 is 0 Å². The summed E-state index contributed by atoms with van der Waals surface area (Å²) >= 11 is 1.89. The van der Waals surface area contributed by atoms with Crippen molar-refractivity contribution in [2.45, 2.75) is 33.2 Å². The van der Waals surface area contributed by atoms with E-state index in [0.717, 1.165) is 45.1 Å². The summed E-state index contributed by atoms with van der Waals surface area (Å²) in [5, 5.41) is 1.34. The predicted octanol–water partition coefficient (Wildman–Crippen LogP) is 2.85. The van der Waals surface area contributed by atoms with Gasteiger partial charge in [0.15, 0.2) is 0 Å². The van der Waals surface area contributed by atoms with Crippen LogP contribution in [-0.4, -0.2) is 66.1 Å². The molecule has 0 N–H and O–H groups in total. The van der Waals surface area contributed by atoms with Crippen LogP contribution < -0.4 is 4.90 Å². The van der Waals surface area contributed by atoms with Crippen LogP contribution in [0.3, 0.4) is 0 Å². The Labute approximate surface area is 154 Å². The summed E-state index contributed by atoms with van der Waals surface area (Å²) in [5.41, 5.74) is 1.52. The molecule has 1 saturated heterocycles. The molecule has 2 aromatic heterocycles. The fourth-order valence-corrected chi connectivity index (χ4v) is 5.08. The first-order chi connectivity index (χ1) is 12.1. The van der Waals surface area contributed by atoms with Gasteiger partial charge in [-0.05, 0) is 37.9 Å². The number of hydrogen-bond donors (Lipinski definition) is 0. The molecule has 4 heterocycles. The topological polar surface area (TPSA) is 35.5 Å². The van der Waals surface area contributed by atoms with Gasteiger partial charge in [-0.2, -0.15) is 0 Å². The van der Waals surface area contributed by atoms with Crippen molar-refractivity contribution in [2.24, 2.45) is 5.92 Å². The molecule has 25 heavy (non-hydrogen) atoms. The lowest BCUT2D eigenvalue weighted by molar-refractivity contribution is 0.243. The molecule has 2 aromatic rings. The molecule has 0 atom stereocenters. The monoisotopic (exact) mass is 359 g/mol. The average molecular weight is 360 g/mol. The second-order valence-electron chi connectivity index (χ2n) is 7.88. The summed E-state index contributed by atoms with van der Waals surface area (Å²) in [6.07, 6.45) is 4.18. The van der Waals surface area contributed by atoms with Crippen LogP contribution in [0.15, 0.2) is 6.33 Å². The van der Waals surface area contributed by atoms with Gasteiger partial charge in [0.2, 0.25) is 0 Å². The molecule has 0 bridgehead atoms. The minimum Gasteiger partial charge on any atom is -0.353 e. The maximum Gasteiger partial charge on any atom is 0.141 e. The number of hydrogen-bond acceptors (Lipinski definition) is 6. The molecule has 0 saturated carbocycles. The smallest absolute Gasteiger partial charge is 0.141 e. The van der Waals surface area contributed by atoms with Crippen molar-refractivity contribution in [1.82, 2.24) is 19.8 Å². The summed E-state index contributed by atoms with van der Waals surface area (Å²) in [4.78, 5) is 19.5.